The predicted octanol–water partition coefficient (Wildman–Crippen LogP) is 3.60. The number of rotatable bonds is 4. The molecule has 3 rings (SSSR count). The summed E-state index contributed by atoms with van der Waals surface area (Å²) in [6, 6.07) is 8.36. The zero-order chi connectivity index (χ0) is 17.3. The monoisotopic (exact) mass is 340 g/mol. The summed E-state index contributed by atoms with van der Waals surface area (Å²) in [4.78, 5) is 19.6. The maximum absolute atomic E-state index is 12.8. The first kappa shape index (κ1) is 16.4. The average molecular weight is 340 g/mol. The summed E-state index contributed by atoms with van der Waals surface area (Å²) in [7, 11) is 3.71. The van der Waals surface area contributed by atoms with Gasteiger partial charge in [-0.3, -0.25) is 4.79 Å². The van der Waals surface area contributed by atoms with Crippen LogP contribution in [0.2, 0.25) is 0 Å². The lowest BCUT2D eigenvalue weighted by Gasteiger charge is -2.07. The number of thiophene rings is 1. The Labute approximate surface area is 144 Å². The van der Waals surface area contributed by atoms with E-state index < -0.39 is 0 Å². The minimum atomic E-state index is -0.151. The highest BCUT2D eigenvalue weighted by atomic mass is 32.1. The molecule has 0 atom stereocenters. The standard InChI is InChI=1S/C18H20N4OS/c1-12(2)13-5-7-14(8-6-13)15-9-24-17-16(15)18(23)22(10-19-17)20-11-21(3)4/h5-12H,1-4H3. The molecule has 0 aliphatic rings. The molecular weight excluding hydrogens is 320 g/mol. The Morgan fingerprint density at radius 2 is 1.96 bits per heavy atom. The van der Waals surface area contributed by atoms with E-state index in [1.54, 1.807) is 11.2 Å². The molecule has 2 heterocycles. The van der Waals surface area contributed by atoms with Crippen LogP contribution >= 0.6 is 11.3 Å². The van der Waals surface area contributed by atoms with Gasteiger partial charge in [0.2, 0.25) is 0 Å². The SMILES string of the molecule is CC(C)c1ccc(-c2csc3ncn(N=CN(C)C)c(=O)c23)cc1. The van der Waals surface area contributed by atoms with Gasteiger partial charge in [0.1, 0.15) is 17.5 Å². The number of nitrogens with zero attached hydrogens (tertiary/aromatic N) is 4. The van der Waals surface area contributed by atoms with Gasteiger partial charge in [0, 0.05) is 25.0 Å². The molecule has 0 fully saturated rings. The van der Waals surface area contributed by atoms with Crippen molar-refractivity contribution < 1.29 is 0 Å². The Kier molecular flexibility index (Phi) is 4.49. The molecule has 24 heavy (non-hydrogen) atoms. The molecule has 5 nitrogen and oxygen atoms in total. The Morgan fingerprint density at radius 1 is 1.25 bits per heavy atom. The Morgan fingerprint density at radius 3 is 2.58 bits per heavy atom. The molecule has 0 aliphatic carbocycles. The molecule has 124 valence electrons. The maximum Gasteiger partial charge on any atom is 0.283 e. The molecule has 3 aromatic rings. The molecule has 1 aromatic carbocycles. The summed E-state index contributed by atoms with van der Waals surface area (Å²) < 4.78 is 1.28. The Hall–Kier alpha value is -2.47. The van der Waals surface area contributed by atoms with Gasteiger partial charge in [-0.05, 0) is 17.0 Å². The van der Waals surface area contributed by atoms with Crippen LogP contribution in [0, 0.1) is 0 Å². The zero-order valence-corrected chi connectivity index (χ0v) is 15.0. The summed E-state index contributed by atoms with van der Waals surface area (Å²) in [6.07, 6.45) is 3.05. The quantitative estimate of drug-likeness (QED) is 0.538. The van der Waals surface area contributed by atoms with Crippen molar-refractivity contribution >= 4 is 27.9 Å². The van der Waals surface area contributed by atoms with Gasteiger partial charge in [-0.1, -0.05) is 38.1 Å². The van der Waals surface area contributed by atoms with Crippen molar-refractivity contribution in [3.8, 4) is 11.1 Å². The maximum atomic E-state index is 12.8. The molecule has 6 heteroatoms. The molecule has 0 radical (unpaired) electrons. The van der Waals surface area contributed by atoms with Crippen LogP contribution in [-0.2, 0) is 0 Å². The van der Waals surface area contributed by atoms with E-state index in [0.717, 1.165) is 16.0 Å². The van der Waals surface area contributed by atoms with E-state index in [4.69, 9.17) is 0 Å². The fourth-order valence-electron chi connectivity index (χ4n) is 2.42. The minimum absolute atomic E-state index is 0.151. The molecule has 0 N–H and O–H groups in total. The van der Waals surface area contributed by atoms with E-state index in [2.05, 4.69) is 48.2 Å². The second-order valence-corrected chi connectivity index (χ2v) is 7.05. The summed E-state index contributed by atoms with van der Waals surface area (Å²) in [6.45, 7) is 4.33. The average Bonchev–Trinajstić information content (AvgIpc) is 2.99. The van der Waals surface area contributed by atoms with Gasteiger partial charge in [-0.25, -0.2) is 4.98 Å². The minimum Gasteiger partial charge on any atom is -0.367 e. The highest BCUT2D eigenvalue weighted by Gasteiger charge is 2.13. The normalized spacial score (nSPS) is 11.7. The van der Waals surface area contributed by atoms with Crippen molar-refractivity contribution in [3.05, 3.63) is 51.9 Å². The Balaban J connectivity index is 2.12. The summed E-state index contributed by atoms with van der Waals surface area (Å²) >= 11 is 1.48. The molecule has 0 saturated carbocycles. The summed E-state index contributed by atoms with van der Waals surface area (Å²) in [5.74, 6) is 0.484. The van der Waals surface area contributed by atoms with Crippen LogP contribution in [0.25, 0.3) is 21.3 Å². The van der Waals surface area contributed by atoms with Crippen LogP contribution in [0.5, 0.6) is 0 Å². The summed E-state index contributed by atoms with van der Waals surface area (Å²) in [5.41, 5.74) is 3.07. The first-order valence-electron chi connectivity index (χ1n) is 7.77. The second-order valence-electron chi connectivity index (χ2n) is 6.20. The second kappa shape index (κ2) is 6.57. The number of aromatic nitrogens is 2. The highest BCUT2D eigenvalue weighted by Crippen LogP contribution is 2.31. The van der Waals surface area contributed by atoms with E-state index in [9.17, 15) is 4.79 Å². The number of fused-ring (bicyclic) bond motifs is 1. The topological polar surface area (TPSA) is 50.5 Å². The molecule has 0 unspecified atom stereocenters. The fourth-order valence-corrected chi connectivity index (χ4v) is 3.33. The van der Waals surface area contributed by atoms with Gasteiger partial charge in [0.15, 0.2) is 0 Å². The fraction of sp³-hybridized carbons (Fsp3) is 0.278. The van der Waals surface area contributed by atoms with E-state index in [-0.39, 0.29) is 5.56 Å². The van der Waals surface area contributed by atoms with Crippen LogP contribution in [-0.4, -0.2) is 35.0 Å². The highest BCUT2D eigenvalue weighted by molar-refractivity contribution is 7.17. The van der Waals surface area contributed by atoms with E-state index in [1.807, 2.05) is 19.5 Å². The largest absolute Gasteiger partial charge is 0.367 e. The third-order valence-corrected chi connectivity index (χ3v) is 4.66. The van der Waals surface area contributed by atoms with Crippen molar-refractivity contribution in [2.45, 2.75) is 19.8 Å². The molecular formula is C18H20N4OS. The smallest absolute Gasteiger partial charge is 0.283 e. The first-order chi connectivity index (χ1) is 11.5. The number of benzene rings is 1. The third kappa shape index (κ3) is 3.10. The lowest BCUT2D eigenvalue weighted by molar-refractivity contribution is 0.629. The van der Waals surface area contributed by atoms with Crippen molar-refractivity contribution in [1.82, 2.24) is 14.6 Å². The van der Waals surface area contributed by atoms with Crippen LogP contribution in [0.3, 0.4) is 0 Å². The molecule has 0 aliphatic heterocycles. The molecule has 0 bridgehead atoms. The number of hydrogen-bond acceptors (Lipinski definition) is 4. The molecule has 0 spiro atoms. The van der Waals surface area contributed by atoms with Gasteiger partial charge in [0.05, 0.1) is 5.39 Å². The van der Waals surface area contributed by atoms with Crippen LogP contribution < -0.4 is 5.56 Å². The van der Waals surface area contributed by atoms with Gasteiger partial charge in [-0.15, -0.1) is 11.3 Å². The van der Waals surface area contributed by atoms with Crippen molar-refractivity contribution in [2.75, 3.05) is 14.1 Å². The molecule has 2 aromatic heterocycles. The van der Waals surface area contributed by atoms with E-state index >= 15 is 0 Å². The first-order valence-corrected chi connectivity index (χ1v) is 8.65. The van der Waals surface area contributed by atoms with Crippen LogP contribution in [0.1, 0.15) is 25.3 Å². The van der Waals surface area contributed by atoms with Crippen LogP contribution in [0.15, 0.2) is 45.9 Å². The lowest BCUT2D eigenvalue weighted by atomic mass is 9.99. The predicted molar refractivity (Wildman–Crippen MR) is 101 cm³/mol. The van der Waals surface area contributed by atoms with E-state index in [0.29, 0.717) is 11.3 Å². The van der Waals surface area contributed by atoms with Gasteiger partial charge in [0.25, 0.3) is 5.56 Å². The zero-order valence-electron chi connectivity index (χ0n) is 14.2. The summed E-state index contributed by atoms with van der Waals surface area (Å²) in [5, 5.41) is 6.76. The number of hydrogen-bond donors (Lipinski definition) is 0. The Bertz CT molecular complexity index is 936. The van der Waals surface area contributed by atoms with Gasteiger partial charge >= 0.3 is 0 Å². The molecule has 0 saturated heterocycles. The third-order valence-electron chi connectivity index (χ3n) is 3.77. The van der Waals surface area contributed by atoms with Gasteiger partial charge < -0.3 is 4.90 Å². The lowest BCUT2D eigenvalue weighted by Crippen LogP contribution is -2.19. The van der Waals surface area contributed by atoms with Gasteiger partial charge in [-0.2, -0.15) is 9.78 Å². The van der Waals surface area contributed by atoms with Crippen LogP contribution in [0.4, 0.5) is 0 Å². The molecule has 0 amide bonds. The van der Waals surface area contributed by atoms with Crippen molar-refractivity contribution in [2.24, 2.45) is 5.10 Å². The van der Waals surface area contributed by atoms with Crippen molar-refractivity contribution in [1.29, 1.82) is 0 Å². The van der Waals surface area contributed by atoms with E-state index in [1.165, 1.54) is 27.9 Å². The van der Waals surface area contributed by atoms with Crippen molar-refractivity contribution in [3.63, 3.8) is 0 Å².